The van der Waals surface area contributed by atoms with Crippen LogP contribution in [0.15, 0.2) is 29.2 Å². The molecule has 0 aliphatic carbocycles. The van der Waals surface area contributed by atoms with Crippen molar-refractivity contribution in [3.63, 3.8) is 0 Å². The van der Waals surface area contributed by atoms with Gasteiger partial charge in [0.05, 0.1) is 0 Å². The van der Waals surface area contributed by atoms with E-state index in [1.54, 1.807) is 0 Å². The minimum Gasteiger partial charge on any atom is -0.207 e. The fourth-order valence-corrected chi connectivity index (χ4v) is 3.28. The topological polar surface area (TPSA) is 46.2 Å². The molecule has 0 fully saturated rings. The van der Waals surface area contributed by atoms with Gasteiger partial charge in [-0.25, -0.2) is 17.5 Å². The zero-order chi connectivity index (χ0) is 13.8. The lowest BCUT2D eigenvalue weighted by atomic mass is 10.1. The molecular formula is C12H17ClFNO2S. The molecule has 0 saturated carbocycles. The van der Waals surface area contributed by atoms with Crippen molar-refractivity contribution < 1.29 is 12.8 Å². The number of hydrogen-bond acceptors (Lipinski definition) is 2. The van der Waals surface area contributed by atoms with Crippen LogP contribution in [0, 0.1) is 11.7 Å². The molecule has 0 saturated heterocycles. The van der Waals surface area contributed by atoms with Gasteiger partial charge in [-0.2, -0.15) is 0 Å². The van der Waals surface area contributed by atoms with Gasteiger partial charge in [-0.3, -0.25) is 0 Å². The summed E-state index contributed by atoms with van der Waals surface area (Å²) >= 11 is 5.72. The molecule has 1 unspecified atom stereocenters. The van der Waals surface area contributed by atoms with Crippen LogP contribution in [0.3, 0.4) is 0 Å². The van der Waals surface area contributed by atoms with E-state index >= 15 is 0 Å². The van der Waals surface area contributed by atoms with Crippen LogP contribution >= 0.6 is 11.6 Å². The lowest BCUT2D eigenvalue weighted by Crippen LogP contribution is -2.37. The van der Waals surface area contributed by atoms with E-state index in [0.29, 0.717) is 12.3 Å². The fraction of sp³-hybridized carbons (Fsp3) is 0.500. The van der Waals surface area contributed by atoms with E-state index in [-0.39, 0.29) is 10.8 Å². The highest BCUT2D eigenvalue weighted by Crippen LogP contribution is 2.15. The van der Waals surface area contributed by atoms with Crippen molar-refractivity contribution >= 4 is 21.6 Å². The molecule has 0 amide bonds. The van der Waals surface area contributed by atoms with Gasteiger partial charge in [-0.1, -0.05) is 26.0 Å². The third-order valence-corrected chi connectivity index (χ3v) is 4.32. The van der Waals surface area contributed by atoms with Gasteiger partial charge in [-0.05, 0) is 24.5 Å². The average Bonchev–Trinajstić information content (AvgIpc) is 2.27. The molecule has 0 spiro atoms. The molecule has 1 rings (SSSR count). The third-order valence-electron chi connectivity index (χ3n) is 2.39. The molecule has 3 nitrogen and oxygen atoms in total. The molecule has 6 heteroatoms. The summed E-state index contributed by atoms with van der Waals surface area (Å²) in [4.78, 5) is -0.344. The number of nitrogens with one attached hydrogen (secondary N) is 1. The standard InChI is InChI=1S/C12H17ClFNO2S/c1-9(2)7-10(8-13)15-18(16,17)12-6-4-3-5-11(12)14/h3-6,9-10,15H,7-8H2,1-2H3. The van der Waals surface area contributed by atoms with E-state index < -0.39 is 21.9 Å². The number of rotatable bonds is 6. The van der Waals surface area contributed by atoms with Gasteiger partial charge in [0.1, 0.15) is 10.7 Å². The van der Waals surface area contributed by atoms with Gasteiger partial charge in [0.2, 0.25) is 10.0 Å². The predicted molar refractivity (Wildman–Crippen MR) is 70.7 cm³/mol. The van der Waals surface area contributed by atoms with Gasteiger partial charge in [-0.15, -0.1) is 11.6 Å². The lowest BCUT2D eigenvalue weighted by molar-refractivity contribution is 0.482. The third kappa shape index (κ3) is 4.23. The minimum absolute atomic E-state index is 0.159. The molecule has 0 aromatic heterocycles. The Labute approximate surface area is 112 Å². The summed E-state index contributed by atoms with van der Waals surface area (Å²) in [6.07, 6.45) is 0.608. The predicted octanol–water partition coefficient (Wildman–Crippen LogP) is 2.76. The van der Waals surface area contributed by atoms with Crippen LogP contribution in [0.25, 0.3) is 0 Å². The van der Waals surface area contributed by atoms with Crippen LogP contribution in [-0.4, -0.2) is 20.3 Å². The largest absolute Gasteiger partial charge is 0.243 e. The SMILES string of the molecule is CC(C)CC(CCl)NS(=O)(=O)c1ccccc1F. The maximum atomic E-state index is 13.4. The number of benzene rings is 1. The molecule has 102 valence electrons. The van der Waals surface area contributed by atoms with Crippen molar-refractivity contribution in [2.75, 3.05) is 5.88 Å². The van der Waals surface area contributed by atoms with Gasteiger partial charge in [0, 0.05) is 11.9 Å². The Hall–Kier alpha value is -0.650. The maximum Gasteiger partial charge on any atom is 0.243 e. The molecule has 1 N–H and O–H groups in total. The summed E-state index contributed by atoms with van der Waals surface area (Å²) in [6.45, 7) is 3.94. The summed E-state index contributed by atoms with van der Waals surface area (Å²) in [6, 6.07) is 4.89. The Morgan fingerprint density at radius 3 is 2.44 bits per heavy atom. The first kappa shape index (κ1) is 15.4. The summed E-state index contributed by atoms with van der Waals surface area (Å²) in [5.41, 5.74) is 0. The molecule has 0 radical (unpaired) electrons. The average molecular weight is 294 g/mol. The Kier molecular flexibility index (Phi) is 5.56. The number of halogens is 2. The summed E-state index contributed by atoms with van der Waals surface area (Å²) < 4.78 is 39.9. The van der Waals surface area contributed by atoms with Gasteiger partial charge in [0.15, 0.2) is 0 Å². The monoisotopic (exact) mass is 293 g/mol. The van der Waals surface area contributed by atoms with Crippen LogP contribution in [0.5, 0.6) is 0 Å². The quantitative estimate of drug-likeness (QED) is 0.820. The van der Waals surface area contributed by atoms with E-state index in [0.717, 1.165) is 6.07 Å². The van der Waals surface area contributed by atoms with Crippen LogP contribution in [0.4, 0.5) is 4.39 Å². The van der Waals surface area contributed by atoms with Crippen molar-refractivity contribution in [1.29, 1.82) is 0 Å². The molecule has 0 aliphatic heterocycles. The van der Waals surface area contributed by atoms with Crippen LogP contribution in [-0.2, 0) is 10.0 Å². The molecular weight excluding hydrogens is 277 g/mol. The Morgan fingerprint density at radius 1 is 1.33 bits per heavy atom. The van der Waals surface area contributed by atoms with Gasteiger partial charge >= 0.3 is 0 Å². The summed E-state index contributed by atoms with van der Waals surface area (Å²) in [5, 5.41) is 0. The zero-order valence-corrected chi connectivity index (χ0v) is 11.9. The van der Waals surface area contributed by atoms with Crippen LogP contribution in [0.2, 0.25) is 0 Å². The van der Waals surface area contributed by atoms with Crippen LogP contribution in [0.1, 0.15) is 20.3 Å². The van der Waals surface area contributed by atoms with E-state index in [9.17, 15) is 12.8 Å². The zero-order valence-electron chi connectivity index (χ0n) is 10.4. The van der Waals surface area contributed by atoms with Crippen LogP contribution < -0.4 is 4.72 Å². The molecule has 0 heterocycles. The smallest absolute Gasteiger partial charge is 0.207 e. The molecule has 0 bridgehead atoms. The first-order valence-corrected chi connectivity index (χ1v) is 7.71. The van der Waals surface area contributed by atoms with Crippen molar-refractivity contribution in [3.05, 3.63) is 30.1 Å². The number of sulfonamides is 1. The molecule has 1 atom stereocenters. The molecule has 18 heavy (non-hydrogen) atoms. The molecule has 1 aromatic carbocycles. The Morgan fingerprint density at radius 2 is 1.94 bits per heavy atom. The lowest BCUT2D eigenvalue weighted by Gasteiger charge is -2.18. The molecule has 1 aromatic rings. The Bertz CT molecular complexity index is 491. The fourth-order valence-electron chi connectivity index (χ4n) is 1.66. The van der Waals surface area contributed by atoms with E-state index in [1.165, 1.54) is 18.2 Å². The number of alkyl halides is 1. The van der Waals surface area contributed by atoms with E-state index in [4.69, 9.17) is 11.6 Å². The van der Waals surface area contributed by atoms with Crippen molar-refractivity contribution in [1.82, 2.24) is 4.72 Å². The van der Waals surface area contributed by atoms with Gasteiger partial charge < -0.3 is 0 Å². The van der Waals surface area contributed by atoms with Crippen molar-refractivity contribution in [2.45, 2.75) is 31.2 Å². The number of hydrogen-bond donors (Lipinski definition) is 1. The van der Waals surface area contributed by atoms with E-state index in [1.807, 2.05) is 13.8 Å². The van der Waals surface area contributed by atoms with Crippen molar-refractivity contribution in [3.8, 4) is 0 Å². The first-order chi connectivity index (χ1) is 8.36. The first-order valence-electron chi connectivity index (χ1n) is 5.69. The van der Waals surface area contributed by atoms with Gasteiger partial charge in [0.25, 0.3) is 0 Å². The maximum absolute atomic E-state index is 13.4. The molecule has 0 aliphatic rings. The second kappa shape index (κ2) is 6.50. The Balaban J connectivity index is 2.91. The normalized spacial score (nSPS) is 13.8. The minimum atomic E-state index is -3.86. The summed E-state index contributed by atoms with van der Waals surface area (Å²) in [5.74, 6) is -0.300. The summed E-state index contributed by atoms with van der Waals surface area (Å²) in [7, 11) is -3.86. The highest BCUT2D eigenvalue weighted by Gasteiger charge is 2.22. The van der Waals surface area contributed by atoms with Crippen molar-refractivity contribution in [2.24, 2.45) is 5.92 Å². The second-order valence-electron chi connectivity index (χ2n) is 4.53. The highest BCUT2D eigenvalue weighted by molar-refractivity contribution is 7.89. The highest BCUT2D eigenvalue weighted by atomic mass is 35.5. The second-order valence-corrected chi connectivity index (χ2v) is 6.52. The van der Waals surface area contributed by atoms with E-state index in [2.05, 4.69) is 4.72 Å².